The fraction of sp³-hybridized carbons (Fsp3) is 0.455. The Labute approximate surface area is 129 Å². The van der Waals surface area contributed by atoms with Crippen molar-refractivity contribution < 1.29 is 13.2 Å². The molecule has 0 radical (unpaired) electrons. The van der Waals surface area contributed by atoms with Gasteiger partial charge in [-0.05, 0) is 34.5 Å². The third-order valence-electron chi connectivity index (χ3n) is 2.82. The number of ether oxygens (including phenoxy) is 1. The van der Waals surface area contributed by atoms with Crippen LogP contribution in [0.5, 0.6) is 0 Å². The Bertz CT molecular complexity index is 546. The van der Waals surface area contributed by atoms with E-state index in [0.29, 0.717) is 37.2 Å². The Hall–Kier alpha value is -0.150. The summed E-state index contributed by atoms with van der Waals surface area (Å²) >= 11 is 6.56. The van der Waals surface area contributed by atoms with Crippen molar-refractivity contribution in [3.05, 3.63) is 21.1 Å². The highest BCUT2D eigenvalue weighted by Gasteiger charge is 2.29. The second-order valence-electron chi connectivity index (χ2n) is 4.18. The number of hydrogen-bond donors (Lipinski definition) is 1. The molecule has 19 heavy (non-hydrogen) atoms. The van der Waals surface area contributed by atoms with E-state index in [1.807, 2.05) is 0 Å². The summed E-state index contributed by atoms with van der Waals surface area (Å²) < 4.78 is 33.2. The number of benzene rings is 1. The van der Waals surface area contributed by atoms with Crippen molar-refractivity contribution in [1.29, 1.82) is 0 Å². The Morgan fingerprint density at radius 1 is 1.21 bits per heavy atom. The zero-order valence-electron chi connectivity index (χ0n) is 10.1. The second-order valence-corrected chi connectivity index (χ2v) is 7.82. The van der Waals surface area contributed by atoms with E-state index in [-0.39, 0.29) is 10.6 Å². The molecule has 1 aliphatic rings. The molecular formula is C11H14Br2N2O3S. The lowest BCUT2D eigenvalue weighted by Crippen LogP contribution is -2.34. The Morgan fingerprint density at radius 3 is 2.63 bits per heavy atom. The van der Waals surface area contributed by atoms with Crippen molar-refractivity contribution in [3.8, 4) is 0 Å². The van der Waals surface area contributed by atoms with Crippen molar-refractivity contribution in [2.75, 3.05) is 32.0 Å². The number of sulfonamides is 1. The summed E-state index contributed by atoms with van der Waals surface area (Å²) in [5.41, 5.74) is 6.09. The lowest BCUT2D eigenvalue weighted by molar-refractivity contribution is 0.148. The number of hydrogen-bond acceptors (Lipinski definition) is 4. The van der Waals surface area contributed by atoms with Gasteiger partial charge in [-0.1, -0.05) is 15.9 Å². The van der Waals surface area contributed by atoms with E-state index < -0.39 is 10.0 Å². The molecule has 8 heteroatoms. The molecule has 0 aromatic heterocycles. The van der Waals surface area contributed by atoms with E-state index in [2.05, 4.69) is 31.9 Å². The molecule has 1 aromatic rings. The highest BCUT2D eigenvalue weighted by molar-refractivity contribution is 9.11. The van der Waals surface area contributed by atoms with Gasteiger partial charge in [0.15, 0.2) is 0 Å². The van der Waals surface area contributed by atoms with Crippen molar-refractivity contribution in [1.82, 2.24) is 4.31 Å². The van der Waals surface area contributed by atoms with E-state index in [1.165, 1.54) is 4.31 Å². The monoisotopic (exact) mass is 412 g/mol. The quantitative estimate of drug-likeness (QED) is 0.754. The molecule has 5 nitrogen and oxygen atoms in total. The van der Waals surface area contributed by atoms with Gasteiger partial charge in [-0.25, -0.2) is 8.42 Å². The first-order valence-electron chi connectivity index (χ1n) is 5.75. The molecule has 0 unspecified atom stereocenters. The van der Waals surface area contributed by atoms with Crippen LogP contribution in [0.1, 0.15) is 6.42 Å². The van der Waals surface area contributed by atoms with E-state index in [0.717, 1.165) is 4.47 Å². The smallest absolute Gasteiger partial charge is 0.246 e. The largest absolute Gasteiger partial charge is 0.398 e. The van der Waals surface area contributed by atoms with Gasteiger partial charge >= 0.3 is 0 Å². The molecule has 0 aliphatic carbocycles. The predicted molar refractivity (Wildman–Crippen MR) is 80.4 cm³/mol. The molecule has 0 saturated carbocycles. The molecule has 2 N–H and O–H groups in total. The summed E-state index contributed by atoms with van der Waals surface area (Å²) in [5.74, 6) is 0. The lowest BCUT2D eigenvalue weighted by atomic mass is 10.3. The summed E-state index contributed by atoms with van der Waals surface area (Å²) in [4.78, 5) is 0.123. The van der Waals surface area contributed by atoms with Crippen LogP contribution in [0.3, 0.4) is 0 Å². The molecule has 1 fully saturated rings. The normalized spacial score (nSPS) is 18.2. The average Bonchev–Trinajstić information content (AvgIpc) is 2.55. The molecule has 0 amide bonds. The summed E-state index contributed by atoms with van der Waals surface area (Å²) in [5, 5.41) is 0. The molecule has 1 aliphatic heterocycles. The zero-order valence-corrected chi connectivity index (χ0v) is 14.1. The minimum Gasteiger partial charge on any atom is -0.398 e. The van der Waals surface area contributed by atoms with Gasteiger partial charge in [-0.3, -0.25) is 0 Å². The van der Waals surface area contributed by atoms with Crippen LogP contribution in [0.2, 0.25) is 0 Å². The Balaban J connectivity index is 2.44. The molecule has 0 bridgehead atoms. The second kappa shape index (κ2) is 6.09. The van der Waals surface area contributed by atoms with Gasteiger partial charge in [0.1, 0.15) is 4.90 Å². The van der Waals surface area contributed by atoms with E-state index in [9.17, 15) is 8.42 Å². The van der Waals surface area contributed by atoms with E-state index >= 15 is 0 Å². The van der Waals surface area contributed by atoms with Gasteiger partial charge in [-0.2, -0.15) is 4.31 Å². The first kappa shape index (κ1) is 15.2. The molecule has 1 heterocycles. The van der Waals surface area contributed by atoms with Gasteiger partial charge in [-0.15, -0.1) is 0 Å². The number of nitrogens with two attached hydrogens (primary N) is 1. The lowest BCUT2D eigenvalue weighted by Gasteiger charge is -2.21. The van der Waals surface area contributed by atoms with Crippen molar-refractivity contribution in [3.63, 3.8) is 0 Å². The molecule has 2 rings (SSSR count). The minimum atomic E-state index is -3.60. The number of halogens is 2. The van der Waals surface area contributed by atoms with Gasteiger partial charge in [0.2, 0.25) is 10.0 Å². The van der Waals surface area contributed by atoms with Gasteiger partial charge < -0.3 is 10.5 Å². The maximum atomic E-state index is 12.6. The minimum absolute atomic E-state index is 0.123. The Kier molecular flexibility index (Phi) is 4.88. The van der Waals surface area contributed by atoms with E-state index in [1.54, 1.807) is 12.1 Å². The van der Waals surface area contributed by atoms with Gasteiger partial charge in [0.05, 0.1) is 12.3 Å². The first-order valence-corrected chi connectivity index (χ1v) is 8.78. The highest BCUT2D eigenvalue weighted by atomic mass is 79.9. The van der Waals surface area contributed by atoms with Crippen LogP contribution in [0, 0.1) is 0 Å². The summed E-state index contributed by atoms with van der Waals surface area (Å²) in [6.45, 7) is 1.80. The van der Waals surface area contributed by atoms with Crippen molar-refractivity contribution in [2.45, 2.75) is 11.3 Å². The van der Waals surface area contributed by atoms with E-state index in [4.69, 9.17) is 10.5 Å². The van der Waals surface area contributed by atoms with Crippen LogP contribution in [-0.4, -0.2) is 39.0 Å². The van der Waals surface area contributed by atoms with Crippen LogP contribution < -0.4 is 5.73 Å². The standard InChI is InChI=1S/C11H14Br2N2O3S/c12-8-6-9(13)11(10(14)7-8)19(16,17)15-2-1-4-18-5-3-15/h6-7H,1-5,14H2. The summed E-state index contributed by atoms with van der Waals surface area (Å²) in [7, 11) is -3.60. The third kappa shape index (κ3) is 3.30. The summed E-state index contributed by atoms with van der Waals surface area (Å²) in [6.07, 6.45) is 0.688. The third-order valence-corrected chi connectivity index (χ3v) is 6.18. The zero-order chi connectivity index (χ0) is 14.0. The van der Waals surface area contributed by atoms with Crippen LogP contribution in [0.25, 0.3) is 0 Å². The highest BCUT2D eigenvalue weighted by Crippen LogP contribution is 2.33. The molecule has 0 atom stereocenters. The van der Waals surface area contributed by atoms with Crippen molar-refractivity contribution >= 4 is 47.6 Å². The number of anilines is 1. The van der Waals surface area contributed by atoms with Crippen molar-refractivity contribution in [2.24, 2.45) is 0 Å². The van der Waals surface area contributed by atoms with Crippen LogP contribution in [0.4, 0.5) is 5.69 Å². The molecule has 1 saturated heterocycles. The first-order chi connectivity index (χ1) is 8.93. The number of rotatable bonds is 2. The molecule has 1 aromatic carbocycles. The maximum absolute atomic E-state index is 12.6. The topological polar surface area (TPSA) is 72.6 Å². The van der Waals surface area contributed by atoms with Crippen LogP contribution in [-0.2, 0) is 14.8 Å². The average molecular weight is 414 g/mol. The molecule has 106 valence electrons. The van der Waals surface area contributed by atoms with Crippen LogP contribution in [0.15, 0.2) is 26.0 Å². The fourth-order valence-electron chi connectivity index (χ4n) is 1.95. The Morgan fingerprint density at radius 2 is 1.95 bits per heavy atom. The fourth-order valence-corrected chi connectivity index (χ4v) is 5.42. The van der Waals surface area contributed by atoms with Crippen LogP contribution >= 0.6 is 31.9 Å². The number of nitrogen functional groups attached to an aromatic ring is 1. The SMILES string of the molecule is Nc1cc(Br)cc(Br)c1S(=O)(=O)N1CCCOCC1. The molecular weight excluding hydrogens is 400 g/mol. The van der Waals surface area contributed by atoms with Gasteiger partial charge in [0.25, 0.3) is 0 Å². The predicted octanol–water partition coefficient (Wildman–Crippen LogP) is 2.20. The summed E-state index contributed by atoms with van der Waals surface area (Å²) in [6, 6.07) is 3.27. The molecule has 0 spiro atoms. The van der Waals surface area contributed by atoms with Gasteiger partial charge in [0, 0.05) is 28.6 Å². The number of nitrogens with zero attached hydrogens (tertiary/aromatic N) is 1. The maximum Gasteiger partial charge on any atom is 0.246 e.